The zero-order chi connectivity index (χ0) is 17.2. The number of benzene rings is 2. The van der Waals surface area contributed by atoms with Crippen molar-refractivity contribution in [1.29, 1.82) is 0 Å². The highest BCUT2D eigenvalue weighted by Crippen LogP contribution is 2.42. The van der Waals surface area contributed by atoms with Gasteiger partial charge in [0.15, 0.2) is 17.3 Å². The molecule has 24 heavy (non-hydrogen) atoms. The van der Waals surface area contributed by atoms with Gasteiger partial charge < -0.3 is 14.4 Å². The number of carbonyl (C=O) groups is 1. The molecule has 1 aliphatic heterocycles. The van der Waals surface area contributed by atoms with Crippen LogP contribution in [0.5, 0.6) is 11.5 Å². The Morgan fingerprint density at radius 3 is 2.71 bits per heavy atom. The van der Waals surface area contributed by atoms with E-state index in [9.17, 15) is 23.5 Å². The zero-order valence-corrected chi connectivity index (χ0v) is 12.3. The molecule has 2 heterocycles. The van der Waals surface area contributed by atoms with Crippen LogP contribution in [0.15, 0.2) is 35.3 Å². The molecule has 0 saturated carbocycles. The molecule has 0 unspecified atom stereocenters. The average Bonchev–Trinajstić information content (AvgIpc) is 2.53. The molecule has 120 valence electrons. The van der Waals surface area contributed by atoms with Crippen LogP contribution in [0.25, 0.3) is 16.6 Å². The molecule has 0 radical (unpaired) electrons. The van der Waals surface area contributed by atoms with Crippen LogP contribution in [-0.4, -0.2) is 15.6 Å². The summed E-state index contributed by atoms with van der Waals surface area (Å²) in [5, 5.41) is 8.98. The van der Waals surface area contributed by atoms with Crippen LogP contribution in [-0.2, 0) is 0 Å². The molecule has 0 bridgehead atoms. The topological polar surface area (TPSA) is 68.5 Å². The predicted octanol–water partition coefficient (Wildman–Crippen LogP) is 3.38. The molecule has 5 nitrogen and oxygen atoms in total. The number of fused-ring (bicyclic) bond motifs is 2. The number of hydrogen-bond acceptors (Lipinski definition) is 3. The summed E-state index contributed by atoms with van der Waals surface area (Å²) in [5.74, 6) is -4.15. The van der Waals surface area contributed by atoms with Crippen LogP contribution in [0.3, 0.4) is 0 Å². The van der Waals surface area contributed by atoms with E-state index in [-0.39, 0.29) is 16.7 Å². The predicted molar refractivity (Wildman–Crippen MR) is 81.2 cm³/mol. The second-order valence-corrected chi connectivity index (χ2v) is 5.52. The third-order valence-corrected chi connectivity index (χ3v) is 3.96. The Morgan fingerprint density at radius 2 is 2.00 bits per heavy atom. The maximum atomic E-state index is 14.2. The summed E-state index contributed by atoms with van der Waals surface area (Å²) in [6.45, 7) is 1.80. The standard InChI is InChI=1S/C17H9F2NO4/c1-7-2-3-11-12(4-7)24-16-13(19)10(18)5-8-14(16)20(11)6-9(15(8)21)17(22)23/h2-6H,1H3,(H,22,23). The lowest BCUT2D eigenvalue weighted by molar-refractivity contribution is 0.0695. The lowest BCUT2D eigenvalue weighted by atomic mass is 10.1. The molecule has 0 amide bonds. The minimum atomic E-state index is -1.45. The second-order valence-electron chi connectivity index (χ2n) is 5.52. The normalized spacial score (nSPS) is 12.0. The minimum absolute atomic E-state index is 0.000234. The summed E-state index contributed by atoms with van der Waals surface area (Å²) >= 11 is 0. The number of halogens is 2. The lowest BCUT2D eigenvalue weighted by Crippen LogP contribution is -2.21. The molecule has 3 aromatic rings. The van der Waals surface area contributed by atoms with E-state index in [1.54, 1.807) is 25.1 Å². The summed E-state index contributed by atoms with van der Waals surface area (Å²) in [6.07, 6.45) is 1.10. The SMILES string of the molecule is Cc1ccc2c(c1)Oc1c(F)c(F)cc3c(=O)c(C(=O)O)cn-2c13. The first-order valence-electron chi connectivity index (χ1n) is 6.98. The average molecular weight is 329 g/mol. The molecule has 0 saturated heterocycles. The molecule has 0 spiro atoms. The first-order chi connectivity index (χ1) is 11.4. The number of ether oxygens (including phenoxy) is 1. The number of hydrogen-bond donors (Lipinski definition) is 1. The first kappa shape index (κ1) is 14.4. The molecule has 1 N–H and O–H groups in total. The molecular weight excluding hydrogens is 320 g/mol. The number of aromatic nitrogens is 1. The van der Waals surface area contributed by atoms with Crippen molar-refractivity contribution in [2.45, 2.75) is 6.92 Å². The number of pyridine rings is 1. The Labute approximate surface area is 133 Å². The van der Waals surface area contributed by atoms with Gasteiger partial charge in [0.05, 0.1) is 11.1 Å². The smallest absolute Gasteiger partial charge is 0.341 e. The lowest BCUT2D eigenvalue weighted by Gasteiger charge is -2.24. The van der Waals surface area contributed by atoms with Crippen molar-refractivity contribution in [2.24, 2.45) is 0 Å². The number of carboxylic acids is 1. The molecule has 0 atom stereocenters. The Balaban J connectivity index is 2.26. The van der Waals surface area contributed by atoms with E-state index in [0.29, 0.717) is 11.8 Å². The molecule has 0 aliphatic carbocycles. The van der Waals surface area contributed by atoms with Crippen LogP contribution in [0.4, 0.5) is 8.78 Å². The fourth-order valence-electron chi connectivity index (χ4n) is 2.85. The van der Waals surface area contributed by atoms with Gasteiger partial charge in [-0.1, -0.05) is 6.07 Å². The van der Waals surface area contributed by atoms with Gasteiger partial charge in [-0.05, 0) is 30.7 Å². The van der Waals surface area contributed by atoms with Crippen LogP contribution in [0.1, 0.15) is 15.9 Å². The van der Waals surface area contributed by atoms with E-state index >= 15 is 0 Å². The Morgan fingerprint density at radius 1 is 1.25 bits per heavy atom. The highest BCUT2D eigenvalue weighted by molar-refractivity contribution is 5.96. The summed E-state index contributed by atoms with van der Waals surface area (Å²) in [4.78, 5) is 23.6. The van der Waals surface area contributed by atoms with Crippen molar-refractivity contribution >= 4 is 16.9 Å². The summed E-state index contributed by atoms with van der Waals surface area (Å²) < 4.78 is 34.9. The number of aryl methyl sites for hydroxylation is 1. The van der Waals surface area contributed by atoms with Crippen molar-refractivity contribution in [3.05, 3.63) is 63.4 Å². The highest BCUT2D eigenvalue weighted by atomic mass is 19.2. The van der Waals surface area contributed by atoms with Gasteiger partial charge >= 0.3 is 5.97 Å². The van der Waals surface area contributed by atoms with E-state index in [4.69, 9.17) is 4.74 Å². The van der Waals surface area contributed by atoms with Crippen LogP contribution < -0.4 is 10.2 Å². The summed E-state index contributed by atoms with van der Waals surface area (Å²) in [6, 6.07) is 5.73. The van der Waals surface area contributed by atoms with Crippen LogP contribution in [0, 0.1) is 18.6 Å². The third-order valence-electron chi connectivity index (χ3n) is 3.96. The molecule has 1 aliphatic rings. The van der Waals surface area contributed by atoms with Gasteiger partial charge in [-0.15, -0.1) is 0 Å². The van der Waals surface area contributed by atoms with E-state index in [2.05, 4.69) is 0 Å². The molecule has 4 rings (SSSR count). The molecule has 7 heteroatoms. The van der Waals surface area contributed by atoms with Crippen LogP contribution >= 0.6 is 0 Å². The third kappa shape index (κ3) is 1.78. The monoisotopic (exact) mass is 329 g/mol. The van der Waals surface area contributed by atoms with E-state index < -0.39 is 34.3 Å². The van der Waals surface area contributed by atoms with Gasteiger partial charge in [0, 0.05) is 6.20 Å². The van der Waals surface area contributed by atoms with Crippen LogP contribution in [0.2, 0.25) is 0 Å². The zero-order valence-electron chi connectivity index (χ0n) is 12.3. The number of nitrogens with zero attached hydrogens (tertiary/aromatic N) is 1. The Hall–Kier alpha value is -3.22. The van der Waals surface area contributed by atoms with Crippen molar-refractivity contribution < 1.29 is 23.4 Å². The largest absolute Gasteiger partial charge is 0.477 e. The van der Waals surface area contributed by atoms with Gasteiger partial charge in [0.2, 0.25) is 11.2 Å². The van der Waals surface area contributed by atoms with Crippen molar-refractivity contribution in [3.8, 4) is 17.2 Å². The van der Waals surface area contributed by atoms with Crippen molar-refractivity contribution in [3.63, 3.8) is 0 Å². The van der Waals surface area contributed by atoms with E-state index in [1.165, 1.54) is 4.57 Å². The maximum Gasteiger partial charge on any atom is 0.341 e. The van der Waals surface area contributed by atoms with Crippen molar-refractivity contribution in [1.82, 2.24) is 4.57 Å². The van der Waals surface area contributed by atoms with Crippen molar-refractivity contribution in [2.75, 3.05) is 0 Å². The first-order valence-corrected chi connectivity index (χ1v) is 6.98. The number of aromatic carboxylic acids is 1. The molecule has 0 fully saturated rings. The van der Waals surface area contributed by atoms with Gasteiger partial charge in [-0.25, -0.2) is 9.18 Å². The number of rotatable bonds is 1. The van der Waals surface area contributed by atoms with Gasteiger partial charge in [-0.2, -0.15) is 4.39 Å². The fourth-order valence-corrected chi connectivity index (χ4v) is 2.85. The second kappa shape index (κ2) is 4.64. The molecule has 2 aromatic carbocycles. The van der Waals surface area contributed by atoms with Gasteiger partial charge in [-0.3, -0.25) is 4.79 Å². The molecule has 1 aromatic heterocycles. The number of carboxylic acid groups (broad SMARTS) is 1. The fraction of sp³-hybridized carbons (Fsp3) is 0.0588. The van der Waals surface area contributed by atoms with E-state index in [0.717, 1.165) is 11.8 Å². The summed E-state index contributed by atoms with van der Waals surface area (Å²) in [7, 11) is 0. The molecular formula is C17H9F2NO4. The summed E-state index contributed by atoms with van der Waals surface area (Å²) in [5.41, 5.74) is -0.169. The van der Waals surface area contributed by atoms with E-state index in [1.807, 2.05) is 0 Å². The van der Waals surface area contributed by atoms with Gasteiger partial charge in [0.25, 0.3) is 0 Å². The van der Waals surface area contributed by atoms with Gasteiger partial charge in [0.1, 0.15) is 11.1 Å². The Kier molecular flexibility index (Phi) is 2.78. The Bertz CT molecular complexity index is 1120. The quantitative estimate of drug-likeness (QED) is 0.581. The maximum absolute atomic E-state index is 14.2. The minimum Gasteiger partial charge on any atom is -0.477 e. The highest BCUT2D eigenvalue weighted by Gasteiger charge is 2.28.